The summed E-state index contributed by atoms with van der Waals surface area (Å²) >= 11 is 12.3. The Morgan fingerprint density at radius 2 is 1.45 bits per heavy atom. The van der Waals surface area contributed by atoms with E-state index < -0.39 is 34.4 Å². The molecule has 0 saturated heterocycles. The highest BCUT2D eigenvalue weighted by atomic mass is 35.5. The van der Waals surface area contributed by atoms with Gasteiger partial charge in [0.15, 0.2) is 0 Å². The van der Waals surface area contributed by atoms with E-state index in [1.807, 2.05) is 6.92 Å². The summed E-state index contributed by atoms with van der Waals surface area (Å²) in [5.41, 5.74) is 1.34. The first kappa shape index (κ1) is 29.1. The number of halogens is 2. The minimum atomic E-state index is -4.15. The van der Waals surface area contributed by atoms with E-state index in [0.717, 1.165) is 9.87 Å². The lowest BCUT2D eigenvalue weighted by atomic mass is 10.1. The Kier molecular flexibility index (Phi) is 9.50. The van der Waals surface area contributed by atoms with Gasteiger partial charge in [0.2, 0.25) is 15.9 Å². The summed E-state index contributed by atoms with van der Waals surface area (Å²) in [5, 5.41) is 3.14. The number of carbonyl (C=O) groups excluding carboxylic acids is 3. The van der Waals surface area contributed by atoms with Crippen LogP contribution in [0.2, 0.25) is 10.0 Å². The van der Waals surface area contributed by atoms with Gasteiger partial charge in [0.05, 0.1) is 36.8 Å². The Morgan fingerprint density at radius 3 is 1.97 bits per heavy atom. The van der Waals surface area contributed by atoms with Crippen LogP contribution in [-0.4, -0.2) is 51.3 Å². The number of hydrogen-bond acceptors (Lipinski definition) is 7. The number of amides is 1. The van der Waals surface area contributed by atoms with Gasteiger partial charge in [0, 0.05) is 22.3 Å². The first-order chi connectivity index (χ1) is 17.9. The number of ether oxygens (including phenoxy) is 2. The van der Waals surface area contributed by atoms with E-state index in [4.69, 9.17) is 32.7 Å². The molecule has 0 heterocycles. The first-order valence-corrected chi connectivity index (χ1v) is 13.3. The monoisotopic (exact) mass is 578 g/mol. The van der Waals surface area contributed by atoms with Crippen LogP contribution < -0.4 is 5.32 Å². The number of hydrogen-bond donors (Lipinski definition) is 1. The van der Waals surface area contributed by atoms with Crippen molar-refractivity contribution in [3.05, 3.63) is 93.0 Å². The van der Waals surface area contributed by atoms with Gasteiger partial charge in [-0.25, -0.2) is 18.0 Å². The molecular weight excluding hydrogens is 555 g/mol. The molecular formula is C26H24Cl2N2O7S. The van der Waals surface area contributed by atoms with Crippen LogP contribution >= 0.6 is 23.2 Å². The van der Waals surface area contributed by atoms with Crippen molar-refractivity contribution in [2.45, 2.75) is 18.4 Å². The summed E-state index contributed by atoms with van der Waals surface area (Å²) in [6.07, 6.45) is 0. The fourth-order valence-corrected chi connectivity index (χ4v) is 5.30. The van der Waals surface area contributed by atoms with Crippen molar-refractivity contribution in [3.8, 4) is 0 Å². The van der Waals surface area contributed by atoms with Crippen LogP contribution in [0.4, 0.5) is 5.69 Å². The smallest absolute Gasteiger partial charge is 0.337 e. The zero-order valence-corrected chi connectivity index (χ0v) is 23.0. The molecule has 38 heavy (non-hydrogen) atoms. The molecule has 3 rings (SSSR count). The molecule has 3 aromatic carbocycles. The molecule has 0 fully saturated rings. The van der Waals surface area contributed by atoms with Crippen molar-refractivity contribution < 1.29 is 32.3 Å². The third-order valence-electron chi connectivity index (χ3n) is 5.40. The SMILES string of the molecule is COC(=O)c1cc(NC(=O)CN(Cc2ccc(Cl)cc2Cl)S(=O)(=O)c2ccc(C)cc2)cc(C(=O)OC)c1. The highest BCUT2D eigenvalue weighted by molar-refractivity contribution is 7.89. The number of methoxy groups -OCH3 is 2. The average Bonchev–Trinajstić information content (AvgIpc) is 2.88. The topological polar surface area (TPSA) is 119 Å². The van der Waals surface area contributed by atoms with E-state index in [9.17, 15) is 22.8 Å². The number of benzene rings is 3. The molecule has 0 saturated carbocycles. The summed E-state index contributed by atoms with van der Waals surface area (Å²) in [7, 11) is -1.81. The van der Waals surface area contributed by atoms with E-state index in [2.05, 4.69) is 5.32 Å². The number of rotatable bonds is 9. The number of nitrogens with one attached hydrogen (secondary N) is 1. The minimum absolute atomic E-state index is 0.0113. The van der Waals surface area contributed by atoms with E-state index in [1.165, 1.54) is 50.6 Å². The zero-order valence-electron chi connectivity index (χ0n) is 20.7. The fraction of sp³-hybridized carbons (Fsp3) is 0.192. The molecule has 0 radical (unpaired) electrons. The van der Waals surface area contributed by atoms with Gasteiger partial charge >= 0.3 is 11.9 Å². The zero-order chi connectivity index (χ0) is 28.0. The largest absolute Gasteiger partial charge is 0.465 e. The molecule has 1 amide bonds. The second-order valence-corrected chi connectivity index (χ2v) is 10.9. The molecule has 0 aromatic heterocycles. The Bertz CT molecular complexity index is 1440. The van der Waals surface area contributed by atoms with Gasteiger partial charge in [-0.3, -0.25) is 4.79 Å². The number of nitrogens with zero attached hydrogens (tertiary/aromatic N) is 1. The summed E-state index contributed by atoms with van der Waals surface area (Å²) in [6.45, 7) is 0.987. The van der Waals surface area contributed by atoms with E-state index in [0.29, 0.717) is 10.6 Å². The van der Waals surface area contributed by atoms with Crippen molar-refractivity contribution >= 4 is 56.8 Å². The Hall–Kier alpha value is -3.44. The molecule has 0 bridgehead atoms. The van der Waals surface area contributed by atoms with Gasteiger partial charge in [0.25, 0.3) is 0 Å². The molecule has 3 aromatic rings. The summed E-state index contributed by atoms with van der Waals surface area (Å²) in [4.78, 5) is 37.2. The van der Waals surface area contributed by atoms with Crippen LogP contribution in [0.15, 0.2) is 65.6 Å². The highest BCUT2D eigenvalue weighted by Crippen LogP contribution is 2.26. The Morgan fingerprint density at radius 1 is 0.868 bits per heavy atom. The lowest BCUT2D eigenvalue weighted by Crippen LogP contribution is -2.37. The summed E-state index contributed by atoms with van der Waals surface area (Å²) in [6, 6.07) is 14.6. The molecule has 12 heteroatoms. The third kappa shape index (κ3) is 7.11. The van der Waals surface area contributed by atoms with Gasteiger partial charge in [-0.2, -0.15) is 4.31 Å². The second kappa shape index (κ2) is 12.4. The van der Waals surface area contributed by atoms with Crippen LogP contribution in [0, 0.1) is 6.92 Å². The number of carbonyl (C=O) groups is 3. The number of anilines is 1. The number of aryl methyl sites for hydroxylation is 1. The van der Waals surface area contributed by atoms with E-state index in [-0.39, 0.29) is 33.3 Å². The molecule has 0 aliphatic rings. The number of sulfonamides is 1. The lowest BCUT2D eigenvalue weighted by molar-refractivity contribution is -0.116. The molecule has 0 aliphatic heterocycles. The third-order valence-corrected chi connectivity index (χ3v) is 7.79. The number of esters is 2. The standard InChI is InChI=1S/C26H24Cl2N2O7S/c1-16-4-8-22(9-5-16)38(34,35)30(14-17-6-7-20(27)13-23(17)28)15-24(31)29-21-11-18(25(32)36-2)10-19(12-21)26(33)37-3/h4-13H,14-15H2,1-3H3,(H,29,31). The van der Waals surface area contributed by atoms with Crippen LogP contribution in [-0.2, 0) is 30.8 Å². The molecule has 0 atom stereocenters. The van der Waals surface area contributed by atoms with Crippen molar-refractivity contribution in [1.29, 1.82) is 0 Å². The van der Waals surface area contributed by atoms with Crippen molar-refractivity contribution in [2.75, 3.05) is 26.1 Å². The van der Waals surface area contributed by atoms with Crippen LogP contribution in [0.5, 0.6) is 0 Å². The van der Waals surface area contributed by atoms with Gasteiger partial charge in [-0.05, 0) is 55.0 Å². The second-order valence-electron chi connectivity index (χ2n) is 8.15. The molecule has 1 N–H and O–H groups in total. The predicted octanol–water partition coefficient (Wildman–Crippen LogP) is 4.70. The first-order valence-electron chi connectivity index (χ1n) is 11.1. The average molecular weight is 579 g/mol. The minimum Gasteiger partial charge on any atom is -0.465 e. The predicted molar refractivity (Wildman–Crippen MR) is 143 cm³/mol. The molecule has 200 valence electrons. The molecule has 0 spiro atoms. The quantitative estimate of drug-likeness (QED) is 0.365. The molecule has 0 unspecified atom stereocenters. The maximum Gasteiger partial charge on any atom is 0.337 e. The lowest BCUT2D eigenvalue weighted by Gasteiger charge is -2.23. The van der Waals surface area contributed by atoms with Crippen molar-refractivity contribution in [3.63, 3.8) is 0 Å². The maximum absolute atomic E-state index is 13.5. The van der Waals surface area contributed by atoms with Crippen molar-refractivity contribution in [2.24, 2.45) is 0 Å². The summed E-state index contributed by atoms with van der Waals surface area (Å²) < 4.78 is 37.4. The Balaban J connectivity index is 1.95. The van der Waals surface area contributed by atoms with Crippen LogP contribution in [0.3, 0.4) is 0 Å². The van der Waals surface area contributed by atoms with Gasteiger partial charge in [0.1, 0.15) is 0 Å². The normalized spacial score (nSPS) is 11.2. The molecule has 0 aliphatic carbocycles. The van der Waals surface area contributed by atoms with Crippen LogP contribution in [0.25, 0.3) is 0 Å². The highest BCUT2D eigenvalue weighted by Gasteiger charge is 2.28. The van der Waals surface area contributed by atoms with Crippen LogP contribution in [0.1, 0.15) is 31.8 Å². The fourth-order valence-electron chi connectivity index (χ4n) is 3.46. The van der Waals surface area contributed by atoms with E-state index in [1.54, 1.807) is 24.3 Å². The van der Waals surface area contributed by atoms with Crippen molar-refractivity contribution in [1.82, 2.24) is 4.31 Å². The maximum atomic E-state index is 13.5. The van der Waals surface area contributed by atoms with Gasteiger partial charge < -0.3 is 14.8 Å². The molecule has 9 nitrogen and oxygen atoms in total. The Labute approximate surface area is 230 Å². The van der Waals surface area contributed by atoms with Gasteiger partial charge in [-0.15, -0.1) is 0 Å². The summed E-state index contributed by atoms with van der Waals surface area (Å²) in [5.74, 6) is -2.22. The van der Waals surface area contributed by atoms with E-state index >= 15 is 0 Å². The van der Waals surface area contributed by atoms with Gasteiger partial charge in [-0.1, -0.05) is 47.0 Å².